The summed E-state index contributed by atoms with van der Waals surface area (Å²) in [5.41, 5.74) is 2.25. The van der Waals surface area contributed by atoms with Crippen LogP contribution in [0.4, 0.5) is 4.79 Å². The Bertz CT molecular complexity index is 648. The van der Waals surface area contributed by atoms with Gasteiger partial charge in [0.2, 0.25) is 0 Å². The quantitative estimate of drug-likeness (QED) is 0.942. The molecule has 122 valence electrons. The Labute approximate surface area is 137 Å². The third-order valence-electron chi connectivity index (χ3n) is 4.63. The lowest BCUT2D eigenvalue weighted by atomic mass is 10.0. The molecule has 2 amide bonds. The van der Waals surface area contributed by atoms with Gasteiger partial charge in [0, 0.05) is 43.4 Å². The predicted molar refractivity (Wildman–Crippen MR) is 90.1 cm³/mol. The molecule has 23 heavy (non-hydrogen) atoms. The summed E-state index contributed by atoms with van der Waals surface area (Å²) in [4.78, 5) is 18.9. The zero-order valence-electron chi connectivity index (χ0n) is 13.8. The summed E-state index contributed by atoms with van der Waals surface area (Å²) in [5.74, 6) is 0. The van der Waals surface area contributed by atoms with Crippen LogP contribution in [0.15, 0.2) is 42.9 Å². The fraction of sp³-hybridized carbons (Fsp3) is 0.444. The summed E-state index contributed by atoms with van der Waals surface area (Å²) >= 11 is 0. The molecule has 0 saturated carbocycles. The van der Waals surface area contributed by atoms with Gasteiger partial charge in [0.05, 0.1) is 6.04 Å². The average Bonchev–Trinajstić information content (AvgIpc) is 3.08. The number of aromatic nitrogens is 2. The second-order valence-corrected chi connectivity index (χ2v) is 5.97. The van der Waals surface area contributed by atoms with Crippen LogP contribution in [0.25, 0.3) is 0 Å². The summed E-state index contributed by atoms with van der Waals surface area (Å²) in [6.07, 6.45) is 7.56. The Morgan fingerprint density at radius 2 is 2.00 bits per heavy atom. The number of amides is 2. The van der Waals surface area contributed by atoms with E-state index in [2.05, 4.69) is 41.0 Å². The van der Waals surface area contributed by atoms with Crippen LogP contribution < -0.4 is 5.32 Å². The van der Waals surface area contributed by atoms with Crippen LogP contribution in [0.5, 0.6) is 0 Å². The van der Waals surface area contributed by atoms with E-state index in [9.17, 15) is 4.79 Å². The van der Waals surface area contributed by atoms with Crippen molar-refractivity contribution in [2.24, 2.45) is 0 Å². The van der Waals surface area contributed by atoms with Crippen LogP contribution in [0.2, 0.25) is 0 Å². The molecule has 3 rings (SSSR count). The monoisotopic (exact) mass is 312 g/mol. The van der Waals surface area contributed by atoms with Crippen molar-refractivity contribution >= 4 is 6.03 Å². The molecule has 3 heterocycles. The minimum absolute atomic E-state index is 0.0213. The maximum atomic E-state index is 12.8. The van der Waals surface area contributed by atoms with E-state index in [4.69, 9.17) is 0 Å². The predicted octanol–water partition coefficient (Wildman–Crippen LogP) is 3.19. The first-order valence-electron chi connectivity index (χ1n) is 8.36. The number of hydrogen-bond donors (Lipinski definition) is 1. The van der Waals surface area contributed by atoms with Crippen molar-refractivity contribution in [3.63, 3.8) is 0 Å². The Morgan fingerprint density at radius 1 is 1.26 bits per heavy atom. The van der Waals surface area contributed by atoms with E-state index in [1.807, 2.05) is 23.1 Å². The lowest BCUT2D eigenvalue weighted by Gasteiger charge is -2.38. The second-order valence-electron chi connectivity index (χ2n) is 5.97. The van der Waals surface area contributed by atoms with Crippen LogP contribution >= 0.6 is 0 Å². The number of hydrogen-bond acceptors (Lipinski definition) is 2. The van der Waals surface area contributed by atoms with E-state index < -0.39 is 0 Å². The van der Waals surface area contributed by atoms with Crippen LogP contribution in [-0.2, 0) is 6.54 Å². The minimum Gasteiger partial charge on any atom is -0.348 e. The molecule has 0 aromatic carbocycles. The van der Waals surface area contributed by atoms with Gasteiger partial charge < -0.3 is 14.8 Å². The third-order valence-corrected chi connectivity index (χ3v) is 4.63. The van der Waals surface area contributed by atoms with E-state index in [-0.39, 0.29) is 18.1 Å². The normalized spacial score (nSPS) is 17.2. The lowest BCUT2D eigenvalue weighted by Crippen LogP contribution is -2.49. The largest absolute Gasteiger partial charge is 0.348 e. The maximum absolute atomic E-state index is 12.8. The molecule has 1 N–H and O–H groups in total. The summed E-state index contributed by atoms with van der Waals surface area (Å²) < 4.78 is 2.23. The van der Waals surface area contributed by atoms with E-state index in [1.165, 1.54) is 0 Å². The number of carbonyl (C=O) groups excluding carboxylic acids is 1. The van der Waals surface area contributed by atoms with Crippen molar-refractivity contribution in [1.29, 1.82) is 0 Å². The number of nitrogens with zero attached hydrogens (tertiary/aromatic N) is 3. The van der Waals surface area contributed by atoms with Gasteiger partial charge in [-0.3, -0.25) is 4.98 Å². The fourth-order valence-electron chi connectivity index (χ4n) is 3.25. The molecule has 5 nitrogen and oxygen atoms in total. The molecule has 0 saturated heterocycles. The zero-order valence-corrected chi connectivity index (χ0v) is 13.8. The highest BCUT2D eigenvalue weighted by Crippen LogP contribution is 2.32. The van der Waals surface area contributed by atoms with E-state index in [1.54, 1.807) is 12.4 Å². The summed E-state index contributed by atoms with van der Waals surface area (Å²) in [7, 11) is 0. The minimum atomic E-state index is -0.0592. The van der Waals surface area contributed by atoms with Crippen LogP contribution in [0.1, 0.15) is 44.0 Å². The van der Waals surface area contributed by atoms with Crippen molar-refractivity contribution in [3.05, 3.63) is 54.1 Å². The molecular formula is C18H24N4O. The SMILES string of the molecule is CCC(CC)NC(=O)N1CCn2cccc2[C@H]1c1ccncc1. The smallest absolute Gasteiger partial charge is 0.318 e. The number of urea groups is 1. The standard InChI is InChI=1S/C18H24N4O/c1-3-15(4-2)20-18(23)22-13-12-21-11-5-6-16(21)17(22)14-7-9-19-10-8-14/h5-11,15,17H,3-4,12-13H2,1-2H3,(H,20,23)/t17-/m1/s1. The number of nitrogens with one attached hydrogen (secondary N) is 1. The third kappa shape index (κ3) is 3.09. The van der Waals surface area contributed by atoms with Crippen LogP contribution in [0, 0.1) is 0 Å². The number of rotatable bonds is 4. The van der Waals surface area contributed by atoms with Gasteiger partial charge in [0.15, 0.2) is 0 Å². The van der Waals surface area contributed by atoms with Gasteiger partial charge in [-0.25, -0.2) is 4.79 Å². The number of fused-ring (bicyclic) bond motifs is 1. The van der Waals surface area contributed by atoms with Gasteiger partial charge in [-0.1, -0.05) is 13.8 Å². The number of carbonyl (C=O) groups is 1. The van der Waals surface area contributed by atoms with Gasteiger partial charge in [-0.15, -0.1) is 0 Å². The maximum Gasteiger partial charge on any atom is 0.318 e. The van der Waals surface area contributed by atoms with Gasteiger partial charge in [0.1, 0.15) is 0 Å². The molecule has 0 spiro atoms. The van der Waals surface area contributed by atoms with E-state index >= 15 is 0 Å². The topological polar surface area (TPSA) is 50.2 Å². The first kappa shape index (κ1) is 15.6. The fourth-order valence-corrected chi connectivity index (χ4v) is 3.25. The molecular weight excluding hydrogens is 288 g/mol. The second kappa shape index (κ2) is 6.86. The lowest BCUT2D eigenvalue weighted by molar-refractivity contribution is 0.164. The van der Waals surface area contributed by atoms with Crippen molar-refractivity contribution in [2.75, 3.05) is 6.54 Å². The molecule has 0 aliphatic carbocycles. The van der Waals surface area contributed by atoms with Gasteiger partial charge in [-0.2, -0.15) is 0 Å². The summed E-state index contributed by atoms with van der Waals surface area (Å²) in [6, 6.07) is 8.32. The van der Waals surface area contributed by atoms with Crippen LogP contribution in [-0.4, -0.2) is 33.1 Å². The van der Waals surface area contributed by atoms with Crippen molar-refractivity contribution in [2.45, 2.75) is 45.3 Å². The first-order chi connectivity index (χ1) is 11.2. The van der Waals surface area contributed by atoms with Crippen LogP contribution in [0.3, 0.4) is 0 Å². The molecule has 0 radical (unpaired) electrons. The van der Waals surface area contributed by atoms with E-state index in [0.29, 0.717) is 6.54 Å². The highest BCUT2D eigenvalue weighted by atomic mass is 16.2. The molecule has 1 atom stereocenters. The average molecular weight is 312 g/mol. The molecule has 0 fully saturated rings. The molecule has 0 bridgehead atoms. The highest BCUT2D eigenvalue weighted by Gasteiger charge is 2.32. The molecule has 2 aromatic heterocycles. The number of pyridine rings is 1. The Morgan fingerprint density at radius 3 is 2.70 bits per heavy atom. The first-order valence-corrected chi connectivity index (χ1v) is 8.36. The molecule has 2 aromatic rings. The van der Waals surface area contributed by atoms with Crippen molar-refractivity contribution in [1.82, 2.24) is 19.8 Å². The molecule has 0 unspecified atom stereocenters. The Kier molecular flexibility index (Phi) is 4.65. The molecule has 1 aliphatic rings. The van der Waals surface area contributed by atoms with Gasteiger partial charge in [0.25, 0.3) is 0 Å². The molecule has 5 heteroatoms. The van der Waals surface area contributed by atoms with Crippen molar-refractivity contribution in [3.8, 4) is 0 Å². The summed E-state index contributed by atoms with van der Waals surface area (Å²) in [6.45, 7) is 5.76. The zero-order chi connectivity index (χ0) is 16.2. The van der Waals surface area contributed by atoms with Crippen molar-refractivity contribution < 1.29 is 4.79 Å². The molecule has 1 aliphatic heterocycles. The van der Waals surface area contributed by atoms with Gasteiger partial charge >= 0.3 is 6.03 Å². The van der Waals surface area contributed by atoms with E-state index in [0.717, 1.165) is 30.6 Å². The van der Waals surface area contributed by atoms with Gasteiger partial charge in [-0.05, 0) is 42.7 Å². The Hall–Kier alpha value is -2.30. The Balaban J connectivity index is 1.91. The summed E-state index contributed by atoms with van der Waals surface area (Å²) in [5, 5.41) is 3.17. The highest BCUT2D eigenvalue weighted by molar-refractivity contribution is 5.75.